The normalized spacial score (nSPS) is 11.9. The molecule has 0 aliphatic heterocycles. The molecule has 2 rings (SSSR count). The maximum atomic E-state index is 11.8. The Morgan fingerprint density at radius 2 is 2.15 bits per heavy atom. The molecule has 2 aromatic rings. The first-order chi connectivity index (χ1) is 9.60. The summed E-state index contributed by atoms with van der Waals surface area (Å²) in [6, 6.07) is 8.74. The molecule has 1 atom stereocenters. The number of rotatable bonds is 5. The number of amides is 1. The Hall–Kier alpha value is -1.79. The van der Waals surface area contributed by atoms with E-state index in [-0.39, 0.29) is 12.5 Å². The van der Waals surface area contributed by atoms with Crippen molar-refractivity contribution >= 4 is 21.8 Å². The number of hydrogen-bond donors (Lipinski definition) is 3. The van der Waals surface area contributed by atoms with Gasteiger partial charge in [-0.05, 0) is 39.7 Å². The minimum atomic E-state index is -0.761. The second-order valence-corrected chi connectivity index (χ2v) is 5.15. The lowest BCUT2D eigenvalue weighted by Crippen LogP contribution is -2.28. The van der Waals surface area contributed by atoms with Crippen molar-refractivity contribution < 1.29 is 14.6 Å². The number of benzene rings is 1. The number of methoxy groups -OCH3 is 1. The molecule has 5 nitrogen and oxygen atoms in total. The van der Waals surface area contributed by atoms with Crippen LogP contribution >= 0.6 is 15.9 Å². The van der Waals surface area contributed by atoms with Gasteiger partial charge in [0.15, 0.2) is 0 Å². The molecular weight excluding hydrogens is 324 g/mol. The Balaban J connectivity index is 1.91. The fraction of sp³-hybridized carbons (Fsp3) is 0.214. The molecule has 0 bridgehead atoms. The van der Waals surface area contributed by atoms with Gasteiger partial charge in [-0.25, -0.2) is 0 Å². The zero-order valence-electron chi connectivity index (χ0n) is 10.9. The standard InChI is InChI=1S/C14H15BrN2O3/c1-20-11-4-2-9(3-5-11)13(18)8-17-14(19)12-6-10(15)7-16-12/h2-7,13,16,18H,8H2,1H3,(H,17,19). The SMILES string of the molecule is COc1ccc(C(O)CNC(=O)c2cc(Br)c[nH]2)cc1. The second kappa shape index (κ2) is 6.58. The van der Waals surface area contributed by atoms with Crippen molar-refractivity contribution in [3.63, 3.8) is 0 Å². The first kappa shape index (κ1) is 14.6. The third kappa shape index (κ3) is 3.61. The van der Waals surface area contributed by atoms with Crippen LogP contribution in [0.3, 0.4) is 0 Å². The highest BCUT2D eigenvalue weighted by Crippen LogP contribution is 2.17. The molecule has 1 aromatic heterocycles. The number of carbonyl (C=O) groups is 1. The Kier molecular flexibility index (Phi) is 4.81. The zero-order chi connectivity index (χ0) is 14.5. The van der Waals surface area contributed by atoms with Crippen LogP contribution in [0.2, 0.25) is 0 Å². The van der Waals surface area contributed by atoms with E-state index in [2.05, 4.69) is 26.2 Å². The van der Waals surface area contributed by atoms with Crippen LogP contribution in [0.4, 0.5) is 0 Å². The summed E-state index contributed by atoms with van der Waals surface area (Å²) in [6.45, 7) is 0.141. The third-order valence-corrected chi connectivity index (χ3v) is 3.31. The molecule has 0 saturated carbocycles. The van der Waals surface area contributed by atoms with Gasteiger partial charge in [-0.15, -0.1) is 0 Å². The molecule has 0 fully saturated rings. The highest BCUT2D eigenvalue weighted by molar-refractivity contribution is 9.10. The van der Waals surface area contributed by atoms with Gasteiger partial charge in [0, 0.05) is 17.2 Å². The van der Waals surface area contributed by atoms with Crippen molar-refractivity contribution in [2.24, 2.45) is 0 Å². The smallest absolute Gasteiger partial charge is 0.267 e. The zero-order valence-corrected chi connectivity index (χ0v) is 12.5. The predicted molar refractivity (Wildman–Crippen MR) is 78.8 cm³/mol. The van der Waals surface area contributed by atoms with Crippen LogP contribution in [0.25, 0.3) is 0 Å². The number of aliphatic hydroxyl groups is 1. The highest BCUT2D eigenvalue weighted by atomic mass is 79.9. The van der Waals surface area contributed by atoms with Gasteiger partial charge in [-0.1, -0.05) is 12.1 Å². The van der Waals surface area contributed by atoms with E-state index in [4.69, 9.17) is 4.74 Å². The maximum absolute atomic E-state index is 11.8. The van der Waals surface area contributed by atoms with Gasteiger partial charge in [0.05, 0.1) is 13.2 Å². The number of ether oxygens (including phenoxy) is 1. The van der Waals surface area contributed by atoms with E-state index in [9.17, 15) is 9.90 Å². The van der Waals surface area contributed by atoms with Crippen LogP contribution in [0.1, 0.15) is 22.2 Å². The van der Waals surface area contributed by atoms with Gasteiger partial charge in [0.25, 0.3) is 5.91 Å². The van der Waals surface area contributed by atoms with E-state index in [1.165, 1.54) is 0 Å². The molecule has 6 heteroatoms. The minimum Gasteiger partial charge on any atom is -0.497 e. The number of aliphatic hydroxyl groups excluding tert-OH is 1. The average molecular weight is 339 g/mol. The van der Waals surface area contributed by atoms with E-state index in [0.717, 1.165) is 15.8 Å². The number of aromatic amines is 1. The summed E-state index contributed by atoms with van der Waals surface area (Å²) < 4.78 is 5.85. The molecule has 1 heterocycles. The van der Waals surface area contributed by atoms with E-state index in [0.29, 0.717) is 5.69 Å². The third-order valence-electron chi connectivity index (χ3n) is 2.85. The molecule has 106 valence electrons. The number of nitrogens with one attached hydrogen (secondary N) is 2. The summed E-state index contributed by atoms with van der Waals surface area (Å²) in [5.74, 6) is 0.462. The average Bonchev–Trinajstić information content (AvgIpc) is 2.91. The molecule has 1 amide bonds. The van der Waals surface area contributed by atoms with Gasteiger partial charge >= 0.3 is 0 Å². The molecule has 0 saturated heterocycles. The number of carbonyl (C=O) groups excluding carboxylic acids is 1. The van der Waals surface area contributed by atoms with Crippen molar-refractivity contribution in [3.05, 3.63) is 52.3 Å². The first-order valence-electron chi connectivity index (χ1n) is 6.04. The lowest BCUT2D eigenvalue weighted by atomic mass is 10.1. The monoisotopic (exact) mass is 338 g/mol. The van der Waals surface area contributed by atoms with Crippen molar-refractivity contribution in [2.45, 2.75) is 6.10 Å². The molecular formula is C14H15BrN2O3. The van der Waals surface area contributed by atoms with E-state index >= 15 is 0 Å². The van der Waals surface area contributed by atoms with E-state index in [1.54, 1.807) is 43.6 Å². The Bertz CT molecular complexity index is 580. The van der Waals surface area contributed by atoms with Crippen molar-refractivity contribution in [2.75, 3.05) is 13.7 Å². The van der Waals surface area contributed by atoms with Gasteiger partial charge < -0.3 is 20.1 Å². The molecule has 0 aliphatic rings. The van der Waals surface area contributed by atoms with E-state index < -0.39 is 6.10 Å². The lowest BCUT2D eigenvalue weighted by Gasteiger charge is -2.12. The van der Waals surface area contributed by atoms with Crippen LogP contribution in [0, 0.1) is 0 Å². The number of halogens is 1. The summed E-state index contributed by atoms with van der Waals surface area (Å²) in [7, 11) is 1.58. The molecule has 0 radical (unpaired) electrons. The van der Waals surface area contributed by atoms with Gasteiger partial charge in [0.1, 0.15) is 11.4 Å². The summed E-state index contributed by atoms with van der Waals surface area (Å²) in [5, 5.41) is 12.7. The summed E-state index contributed by atoms with van der Waals surface area (Å²) in [4.78, 5) is 14.6. The molecule has 1 unspecified atom stereocenters. The summed E-state index contributed by atoms with van der Waals surface area (Å²) >= 11 is 3.26. The van der Waals surface area contributed by atoms with Crippen molar-refractivity contribution in [1.82, 2.24) is 10.3 Å². The van der Waals surface area contributed by atoms with Crippen molar-refractivity contribution in [3.8, 4) is 5.75 Å². The lowest BCUT2D eigenvalue weighted by molar-refractivity contribution is 0.0912. The van der Waals surface area contributed by atoms with Crippen LogP contribution in [0.15, 0.2) is 41.0 Å². The molecule has 0 aliphatic carbocycles. The minimum absolute atomic E-state index is 0.141. The van der Waals surface area contributed by atoms with Gasteiger partial charge in [-0.2, -0.15) is 0 Å². The fourth-order valence-electron chi connectivity index (χ4n) is 1.73. The van der Waals surface area contributed by atoms with Gasteiger partial charge in [0.2, 0.25) is 0 Å². The fourth-order valence-corrected chi connectivity index (χ4v) is 2.07. The Morgan fingerprint density at radius 1 is 1.45 bits per heavy atom. The Morgan fingerprint density at radius 3 is 2.70 bits per heavy atom. The Labute approximate surface area is 125 Å². The largest absolute Gasteiger partial charge is 0.497 e. The van der Waals surface area contributed by atoms with Crippen LogP contribution in [0.5, 0.6) is 5.75 Å². The molecule has 1 aromatic carbocycles. The summed E-state index contributed by atoms with van der Waals surface area (Å²) in [6.07, 6.45) is 0.915. The van der Waals surface area contributed by atoms with Crippen molar-refractivity contribution in [1.29, 1.82) is 0 Å². The quantitative estimate of drug-likeness (QED) is 0.782. The number of H-pyrrole nitrogens is 1. The highest BCUT2D eigenvalue weighted by Gasteiger charge is 2.12. The van der Waals surface area contributed by atoms with Crippen LogP contribution in [-0.4, -0.2) is 29.7 Å². The predicted octanol–water partition coefficient (Wildman–Crippen LogP) is 2.25. The second-order valence-electron chi connectivity index (χ2n) is 4.23. The maximum Gasteiger partial charge on any atom is 0.267 e. The van der Waals surface area contributed by atoms with Crippen LogP contribution in [-0.2, 0) is 0 Å². The molecule has 0 spiro atoms. The van der Waals surface area contributed by atoms with Crippen LogP contribution < -0.4 is 10.1 Å². The topological polar surface area (TPSA) is 74.3 Å². The van der Waals surface area contributed by atoms with Gasteiger partial charge in [-0.3, -0.25) is 4.79 Å². The molecule has 20 heavy (non-hydrogen) atoms. The number of hydrogen-bond acceptors (Lipinski definition) is 3. The summed E-state index contributed by atoms with van der Waals surface area (Å²) in [5.41, 5.74) is 1.16. The first-order valence-corrected chi connectivity index (χ1v) is 6.83. The number of aromatic nitrogens is 1. The van der Waals surface area contributed by atoms with E-state index in [1.807, 2.05) is 0 Å². The molecule has 3 N–H and O–H groups in total.